The minimum Gasteiger partial charge on any atom is -0.493 e. The topological polar surface area (TPSA) is 122 Å². The predicted molar refractivity (Wildman–Crippen MR) is 127 cm³/mol. The zero-order valence-electron chi connectivity index (χ0n) is 17.7. The highest BCUT2D eigenvalue weighted by Gasteiger charge is 2.20. The summed E-state index contributed by atoms with van der Waals surface area (Å²) >= 11 is 5.21. The van der Waals surface area contributed by atoms with Crippen LogP contribution in [0, 0.1) is 0 Å². The molecule has 3 rings (SSSR count). The number of sulfonamides is 1. The summed E-state index contributed by atoms with van der Waals surface area (Å²) in [5, 5.41) is 27.6. The van der Waals surface area contributed by atoms with Crippen molar-refractivity contribution in [2.45, 2.75) is 44.6 Å². The third kappa shape index (κ3) is 4.76. The minimum absolute atomic E-state index is 0.0138. The number of anilines is 1. The molecule has 0 atom stereocenters. The lowest BCUT2D eigenvalue weighted by molar-refractivity contribution is 0.427. The van der Waals surface area contributed by atoms with Crippen molar-refractivity contribution >= 4 is 49.6 Å². The lowest BCUT2D eigenvalue weighted by atomic mass is 9.86. The van der Waals surface area contributed by atoms with Crippen LogP contribution in [0.25, 0.3) is 10.9 Å². The standard InChI is InChI=1S/C21H25N5O3S2/c1-5-26-16-11-10-13(21(2,3)4)12-14(16)18(19(26)27)24-25-20(30)23-15-8-6-7-9-17(15)31(22,28)29/h6-12,27H,5H2,1-4H3,(H,23,30)(H2,22,28,29). The van der Waals surface area contributed by atoms with Crippen LogP contribution in [0.1, 0.15) is 33.3 Å². The van der Waals surface area contributed by atoms with Gasteiger partial charge in [0, 0.05) is 11.9 Å². The second-order valence-electron chi connectivity index (χ2n) is 8.07. The van der Waals surface area contributed by atoms with Gasteiger partial charge in [-0.3, -0.25) is 0 Å². The molecule has 0 spiro atoms. The average molecular weight is 460 g/mol. The van der Waals surface area contributed by atoms with E-state index in [2.05, 4.69) is 36.3 Å². The first-order valence-corrected chi connectivity index (χ1v) is 11.6. The number of primary sulfonamides is 1. The van der Waals surface area contributed by atoms with Crippen LogP contribution in [0.4, 0.5) is 11.4 Å². The molecule has 1 heterocycles. The number of nitrogens with two attached hydrogens (primary N) is 1. The number of aromatic hydroxyl groups is 1. The molecule has 0 aliphatic carbocycles. The first-order valence-electron chi connectivity index (χ1n) is 9.63. The Balaban J connectivity index is 2.00. The van der Waals surface area contributed by atoms with Crippen LogP contribution in [0.5, 0.6) is 5.88 Å². The van der Waals surface area contributed by atoms with Gasteiger partial charge in [0.15, 0.2) is 5.69 Å². The Kier molecular flexibility index (Phi) is 6.17. The number of para-hydroxylation sites is 1. The van der Waals surface area contributed by atoms with E-state index in [1.165, 1.54) is 12.1 Å². The first kappa shape index (κ1) is 22.9. The summed E-state index contributed by atoms with van der Waals surface area (Å²) < 4.78 is 25.3. The molecule has 0 amide bonds. The van der Waals surface area contributed by atoms with Gasteiger partial charge in [0.1, 0.15) is 4.90 Å². The van der Waals surface area contributed by atoms with Crippen molar-refractivity contribution in [3.8, 4) is 5.88 Å². The molecule has 2 aromatic carbocycles. The number of nitrogens with one attached hydrogen (secondary N) is 1. The number of hydrogen-bond acceptors (Lipinski definition) is 5. The number of aryl methyl sites for hydroxylation is 1. The highest BCUT2D eigenvalue weighted by Crippen LogP contribution is 2.40. The zero-order chi connectivity index (χ0) is 23.0. The summed E-state index contributed by atoms with van der Waals surface area (Å²) in [7, 11) is -3.94. The van der Waals surface area contributed by atoms with Gasteiger partial charge >= 0.3 is 0 Å². The van der Waals surface area contributed by atoms with Crippen LogP contribution in [0.3, 0.4) is 0 Å². The van der Waals surface area contributed by atoms with Crippen molar-refractivity contribution in [1.29, 1.82) is 0 Å². The molecule has 0 aliphatic heterocycles. The molecule has 0 unspecified atom stereocenters. The number of nitrogens with zero attached hydrogens (tertiary/aromatic N) is 3. The number of benzene rings is 2. The molecule has 164 valence electrons. The van der Waals surface area contributed by atoms with Gasteiger partial charge in [-0.2, -0.15) is 0 Å². The third-order valence-corrected chi connectivity index (χ3v) is 6.02. The Labute approximate surface area is 186 Å². The molecule has 0 saturated carbocycles. The van der Waals surface area contributed by atoms with Crippen LogP contribution in [0.15, 0.2) is 57.6 Å². The van der Waals surface area contributed by atoms with E-state index in [0.29, 0.717) is 12.2 Å². The molecule has 0 saturated heterocycles. The molecule has 31 heavy (non-hydrogen) atoms. The van der Waals surface area contributed by atoms with E-state index in [1.54, 1.807) is 16.7 Å². The average Bonchev–Trinajstić information content (AvgIpc) is 2.95. The summed E-state index contributed by atoms with van der Waals surface area (Å²) in [6, 6.07) is 12.1. The molecule has 0 radical (unpaired) electrons. The van der Waals surface area contributed by atoms with Gasteiger partial charge in [-0.05, 0) is 54.4 Å². The Morgan fingerprint density at radius 2 is 1.90 bits per heavy atom. The number of fused-ring (bicyclic) bond motifs is 1. The molecule has 3 aromatic rings. The fourth-order valence-corrected chi connectivity index (χ4v) is 4.11. The van der Waals surface area contributed by atoms with Crippen molar-refractivity contribution in [2.24, 2.45) is 15.4 Å². The largest absolute Gasteiger partial charge is 0.493 e. The van der Waals surface area contributed by atoms with Gasteiger partial charge in [0.25, 0.3) is 0 Å². The molecule has 1 aromatic heterocycles. The molecule has 8 nitrogen and oxygen atoms in total. The minimum atomic E-state index is -3.94. The third-order valence-electron chi connectivity index (χ3n) is 4.87. The first-order chi connectivity index (χ1) is 14.4. The zero-order valence-corrected chi connectivity index (χ0v) is 19.4. The Morgan fingerprint density at radius 1 is 1.23 bits per heavy atom. The summed E-state index contributed by atoms with van der Waals surface area (Å²) in [5.74, 6) is -0.0138. The van der Waals surface area contributed by atoms with E-state index in [0.717, 1.165) is 16.5 Å². The number of hydrogen-bond donors (Lipinski definition) is 3. The lowest BCUT2D eigenvalue weighted by Gasteiger charge is -2.19. The highest BCUT2D eigenvalue weighted by atomic mass is 32.2. The normalized spacial score (nSPS) is 12.5. The van der Waals surface area contributed by atoms with Crippen LogP contribution < -0.4 is 10.5 Å². The maximum atomic E-state index is 11.8. The van der Waals surface area contributed by atoms with E-state index in [-0.39, 0.29) is 27.0 Å². The fraction of sp³-hybridized carbons (Fsp3) is 0.286. The van der Waals surface area contributed by atoms with E-state index >= 15 is 0 Å². The second kappa shape index (κ2) is 8.37. The molecule has 0 bridgehead atoms. The van der Waals surface area contributed by atoms with E-state index in [4.69, 9.17) is 17.4 Å². The number of azo groups is 1. The highest BCUT2D eigenvalue weighted by molar-refractivity contribution is 7.89. The van der Waals surface area contributed by atoms with Crippen molar-refractivity contribution in [2.75, 3.05) is 5.32 Å². The van der Waals surface area contributed by atoms with E-state index in [1.807, 2.05) is 25.1 Å². The molecule has 0 aliphatic rings. The van der Waals surface area contributed by atoms with Gasteiger partial charge in [-0.15, -0.1) is 10.2 Å². The molecular formula is C21H25N5O3S2. The maximum absolute atomic E-state index is 11.8. The summed E-state index contributed by atoms with van der Waals surface area (Å²) in [4.78, 5) is -0.104. The lowest BCUT2D eigenvalue weighted by Crippen LogP contribution is -2.16. The number of rotatable bonds is 4. The van der Waals surface area contributed by atoms with Gasteiger partial charge in [-0.1, -0.05) is 39.0 Å². The van der Waals surface area contributed by atoms with Gasteiger partial charge in [0.05, 0.1) is 11.2 Å². The molecule has 10 heteroatoms. The predicted octanol–water partition coefficient (Wildman–Crippen LogP) is 4.79. The number of aromatic nitrogens is 1. The van der Waals surface area contributed by atoms with Crippen molar-refractivity contribution in [3.63, 3.8) is 0 Å². The van der Waals surface area contributed by atoms with Crippen LogP contribution >= 0.6 is 12.2 Å². The molecular weight excluding hydrogens is 434 g/mol. The van der Waals surface area contributed by atoms with Crippen molar-refractivity contribution in [3.05, 3.63) is 48.0 Å². The van der Waals surface area contributed by atoms with Crippen LogP contribution in [-0.2, 0) is 22.0 Å². The van der Waals surface area contributed by atoms with Gasteiger partial charge < -0.3 is 15.0 Å². The van der Waals surface area contributed by atoms with Gasteiger partial charge in [-0.25, -0.2) is 13.6 Å². The van der Waals surface area contributed by atoms with Crippen molar-refractivity contribution in [1.82, 2.24) is 4.57 Å². The van der Waals surface area contributed by atoms with E-state index < -0.39 is 10.0 Å². The summed E-state index contributed by atoms with van der Waals surface area (Å²) in [6.07, 6.45) is 0. The molecule has 4 N–H and O–H groups in total. The van der Waals surface area contributed by atoms with Gasteiger partial charge in [0.2, 0.25) is 21.0 Å². The summed E-state index contributed by atoms with van der Waals surface area (Å²) in [6.45, 7) is 8.79. The maximum Gasteiger partial charge on any atom is 0.240 e. The Bertz CT molecular complexity index is 1290. The Hall–Kier alpha value is -2.82. The molecule has 0 fully saturated rings. The SMILES string of the molecule is CCn1c(O)c(N=NC(=S)Nc2ccccc2S(N)(=O)=O)c2cc(C(C)(C)C)ccc21. The van der Waals surface area contributed by atoms with E-state index in [9.17, 15) is 13.5 Å². The Morgan fingerprint density at radius 3 is 2.52 bits per heavy atom. The van der Waals surface area contributed by atoms with Crippen LogP contribution in [-0.4, -0.2) is 23.2 Å². The monoisotopic (exact) mass is 459 g/mol. The fourth-order valence-electron chi connectivity index (χ4n) is 3.26. The van der Waals surface area contributed by atoms with Crippen molar-refractivity contribution < 1.29 is 13.5 Å². The second-order valence-corrected chi connectivity index (χ2v) is 9.99. The smallest absolute Gasteiger partial charge is 0.240 e. The summed E-state index contributed by atoms with van der Waals surface area (Å²) in [5.41, 5.74) is 2.34. The van der Waals surface area contributed by atoms with Crippen LogP contribution in [0.2, 0.25) is 0 Å². The quantitative estimate of drug-likeness (QED) is 0.382. The number of thiocarbonyl (C=S) groups is 1.